The van der Waals surface area contributed by atoms with E-state index in [9.17, 15) is 9.90 Å². The van der Waals surface area contributed by atoms with Gasteiger partial charge in [-0.1, -0.05) is 56.0 Å². The van der Waals surface area contributed by atoms with Crippen LogP contribution in [0.1, 0.15) is 85.3 Å². The SMILES string of the molecule is C=CCN1CCC2CCCC(C1)N2C(c1ccc(C(=O)NC2CCCCC2)cc1)c1cccc(O)c1. The van der Waals surface area contributed by atoms with Gasteiger partial charge in [-0.3, -0.25) is 14.6 Å². The molecule has 3 atom stereocenters. The zero-order chi connectivity index (χ0) is 24.9. The summed E-state index contributed by atoms with van der Waals surface area (Å²) in [5.74, 6) is 0.336. The van der Waals surface area contributed by atoms with Crippen LogP contribution in [0, 0.1) is 0 Å². The molecule has 1 aliphatic carbocycles. The van der Waals surface area contributed by atoms with Crippen molar-refractivity contribution in [1.29, 1.82) is 0 Å². The average molecular weight is 488 g/mol. The van der Waals surface area contributed by atoms with Gasteiger partial charge in [0.15, 0.2) is 0 Å². The van der Waals surface area contributed by atoms with Gasteiger partial charge < -0.3 is 10.4 Å². The van der Waals surface area contributed by atoms with E-state index in [1.165, 1.54) is 44.1 Å². The number of rotatable bonds is 7. The highest BCUT2D eigenvalue weighted by atomic mass is 16.3. The van der Waals surface area contributed by atoms with Crippen LogP contribution in [0.4, 0.5) is 0 Å². The van der Waals surface area contributed by atoms with Crippen molar-refractivity contribution in [3.63, 3.8) is 0 Å². The van der Waals surface area contributed by atoms with Gasteiger partial charge >= 0.3 is 0 Å². The molecule has 1 amide bonds. The summed E-state index contributed by atoms with van der Waals surface area (Å²) in [5, 5.41) is 13.6. The maximum atomic E-state index is 12.9. The lowest BCUT2D eigenvalue weighted by atomic mass is 9.87. The first-order valence-electron chi connectivity index (χ1n) is 13.9. The minimum atomic E-state index is 0.0362. The molecule has 36 heavy (non-hydrogen) atoms. The number of phenols is 1. The van der Waals surface area contributed by atoms with Gasteiger partial charge in [-0.05, 0) is 67.5 Å². The second-order valence-electron chi connectivity index (χ2n) is 11.0. The summed E-state index contributed by atoms with van der Waals surface area (Å²) in [7, 11) is 0. The second-order valence-corrected chi connectivity index (χ2v) is 11.0. The van der Waals surface area contributed by atoms with Gasteiger partial charge in [-0.2, -0.15) is 0 Å². The summed E-state index contributed by atoms with van der Waals surface area (Å²) in [6.07, 6.45) is 12.7. The minimum absolute atomic E-state index is 0.0362. The Balaban J connectivity index is 1.44. The summed E-state index contributed by atoms with van der Waals surface area (Å²) in [4.78, 5) is 18.2. The molecule has 2 aromatic rings. The maximum Gasteiger partial charge on any atom is 0.251 e. The number of amides is 1. The largest absolute Gasteiger partial charge is 0.508 e. The first kappa shape index (κ1) is 25.0. The predicted octanol–water partition coefficient (Wildman–Crippen LogP) is 5.66. The molecule has 2 heterocycles. The smallest absolute Gasteiger partial charge is 0.251 e. The number of phenolic OH excluding ortho intramolecular Hbond substituents is 1. The Morgan fingerprint density at radius 1 is 0.972 bits per heavy atom. The fraction of sp³-hybridized carbons (Fsp3) is 0.516. The Morgan fingerprint density at radius 2 is 1.75 bits per heavy atom. The lowest BCUT2D eigenvalue weighted by Crippen LogP contribution is -2.50. The molecule has 0 spiro atoms. The number of nitrogens with one attached hydrogen (secondary N) is 1. The second kappa shape index (κ2) is 11.6. The van der Waals surface area contributed by atoms with Gasteiger partial charge in [0.25, 0.3) is 5.91 Å². The van der Waals surface area contributed by atoms with Gasteiger partial charge in [0.1, 0.15) is 5.75 Å². The number of benzene rings is 2. The van der Waals surface area contributed by atoms with E-state index in [4.69, 9.17) is 0 Å². The molecule has 3 unspecified atom stereocenters. The molecule has 3 aliphatic rings. The zero-order valence-corrected chi connectivity index (χ0v) is 21.4. The Bertz CT molecular complexity index is 1030. The minimum Gasteiger partial charge on any atom is -0.508 e. The van der Waals surface area contributed by atoms with Crippen LogP contribution < -0.4 is 5.32 Å². The number of carbonyl (C=O) groups is 1. The highest BCUT2D eigenvalue weighted by Gasteiger charge is 2.39. The molecule has 3 fully saturated rings. The van der Waals surface area contributed by atoms with Crippen molar-refractivity contribution in [3.8, 4) is 5.75 Å². The van der Waals surface area contributed by atoms with Gasteiger partial charge in [-0.15, -0.1) is 6.58 Å². The maximum absolute atomic E-state index is 12.9. The standard InChI is InChI=1S/C31H41N3O2/c1-2-19-33-20-18-27-11-7-12-28(22-33)34(27)30(25-8-6-13-29(35)21-25)23-14-16-24(17-15-23)31(36)32-26-9-4-3-5-10-26/h2,6,8,13-17,21,26-28,30,35H,1,3-5,7,9-12,18-20,22H2,(H,32,36). The van der Waals surface area contributed by atoms with Crippen LogP contribution in [-0.2, 0) is 0 Å². The third-order valence-corrected chi connectivity index (χ3v) is 8.47. The van der Waals surface area contributed by atoms with Crippen molar-refractivity contribution < 1.29 is 9.90 Å². The summed E-state index contributed by atoms with van der Waals surface area (Å²) in [5.41, 5.74) is 3.03. The van der Waals surface area contributed by atoms with Crippen LogP contribution in [0.25, 0.3) is 0 Å². The summed E-state index contributed by atoms with van der Waals surface area (Å²) >= 11 is 0. The number of piperidine rings is 1. The molecule has 5 nitrogen and oxygen atoms in total. The number of hydrogen-bond acceptors (Lipinski definition) is 4. The summed E-state index contributed by atoms with van der Waals surface area (Å²) in [6.45, 7) is 7.04. The van der Waals surface area contributed by atoms with E-state index < -0.39 is 0 Å². The monoisotopic (exact) mass is 487 g/mol. The van der Waals surface area contributed by atoms with Crippen molar-refractivity contribution in [3.05, 3.63) is 77.9 Å². The van der Waals surface area contributed by atoms with Gasteiger partial charge in [0.05, 0.1) is 6.04 Å². The lowest BCUT2D eigenvalue weighted by molar-refractivity contribution is 0.0562. The van der Waals surface area contributed by atoms with Crippen molar-refractivity contribution in [2.75, 3.05) is 19.6 Å². The molecular weight excluding hydrogens is 446 g/mol. The third-order valence-electron chi connectivity index (χ3n) is 8.47. The first-order chi connectivity index (χ1) is 17.6. The summed E-state index contributed by atoms with van der Waals surface area (Å²) < 4.78 is 0. The molecular formula is C31H41N3O2. The van der Waals surface area contributed by atoms with Crippen molar-refractivity contribution in [2.24, 2.45) is 0 Å². The number of hydrogen-bond donors (Lipinski definition) is 2. The Morgan fingerprint density at radius 3 is 2.50 bits per heavy atom. The van der Waals surface area contributed by atoms with Crippen LogP contribution in [0.3, 0.4) is 0 Å². The average Bonchev–Trinajstić information content (AvgIpc) is 2.98. The van der Waals surface area contributed by atoms with E-state index in [1.54, 1.807) is 6.07 Å². The lowest BCUT2D eigenvalue weighted by Gasteiger charge is -2.46. The molecule has 0 aromatic heterocycles. The van der Waals surface area contributed by atoms with Gasteiger partial charge in [-0.25, -0.2) is 0 Å². The molecule has 2 saturated heterocycles. The van der Waals surface area contributed by atoms with Crippen molar-refractivity contribution in [1.82, 2.24) is 15.1 Å². The molecule has 5 heteroatoms. The van der Waals surface area contributed by atoms with E-state index >= 15 is 0 Å². The Kier molecular flexibility index (Phi) is 8.08. The highest BCUT2D eigenvalue weighted by Crippen LogP contribution is 2.40. The van der Waals surface area contributed by atoms with E-state index in [1.807, 2.05) is 30.3 Å². The fourth-order valence-electron chi connectivity index (χ4n) is 6.72. The third kappa shape index (κ3) is 5.68. The van der Waals surface area contributed by atoms with E-state index in [2.05, 4.69) is 39.9 Å². The number of fused-ring (bicyclic) bond motifs is 2. The first-order valence-corrected chi connectivity index (χ1v) is 13.9. The van der Waals surface area contributed by atoms with Crippen molar-refractivity contribution in [2.45, 2.75) is 82.0 Å². The number of aromatic hydroxyl groups is 1. The number of carbonyl (C=O) groups excluding carboxylic acids is 1. The molecule has 2 aromatic carbocycles. The quantitative estimate of drug-likeness (QED) is 0.495. The van der Waals surface area contributed by atoms with Gasteiger partial charge in [0, 0.05) is 43.3 Å². The Hall–Kier alpha value is -2.63. The molecule has 0 radical (unpaired) electrons. The van der Waals surface area contributed by atoms with Crippen LogP contribution in [-0.4, -0.2) is 58.6 Å². The molecule has 5 rings (SSSR count). The summed E-state index contributed by atoms with van der Waals surface area (Å²) in [6, 6.07) is 17.3. The molecule has 2 bridgehead atoms. The molecule has 2 N–H and O–H groups in total. The Labute approximate surface area is 216 Å². The van der Waals surface area contributed by atoms with Crippen molar-refractivity contribution >= 4 is 5.91 Å². The normalized spacial score (nSPS) is 24.6. The zero-order valence-electron chi connectivity index (χ0n) is 21.4. The fourth-order valence-corrected chi connectivity index (χ4v) is 6.72. The van der Waals surface area contributed by atoms with Crippen LogP contribution in [0.5, 0.6) is 5.75 Å². The molecule has 2 aliphatic heterocycles. The van der Waals surface area contributed by atoms with E-state index in [0.29, 0.717) is 23.9 Å². The van der Waals surface area contributed by atoms with E-state index in [-0.39, 0.29) is 11.9 Å². The molecule has 192 valence electrons. The van der Waals surface area contributed by atoms with Crippen LogP contribution >= 0.6 is 0 Å². The number of nitrogens with zero attached hydrogens (tertiary/aromatic N) is 2. The highest BCUT2D eigenvalue weighted by molar-refractivity contribution is 5.94. The van der Waals surface area contributed by atoms with Gasteiger partial charge in [0.2, 0.25) is 0 Å². The van der Waals surface area contributed by atoms with Crippen LogP contribution in [0.2, 0.25) is 0 Å². The molecule has 1 saturated carbocycles. The van der Waals surface area contributed by atoms with E-state index in [0.717, 1.165) is 50.0 Å². The van der Waals surface area contributed by atoms with Crippen LogP contribution in [0.15, 0.2) is 61.2 Å². The predicted molar refractivity (Wildman–Crippen MR) is 145 cm³/mol. The topological polar surface area (TPSA) is 55.8 Å².